The third-order valence-electron chi connectivity index (χ3n) is 5.06. The van der Waals surface area contributed by atoms with Crippen LogP contribution in [0.1, 0.15) is 19.4 Å². The fourth-order valence-corrected chi connectivity index (χ4v) is 3.44. The van der Waals surface area contributed by atoms with Crippen molar-refractivity contribution in [2.24, 2.45) is 0 Å². The number of nitrogens with one attached hydrogen (secondary N) is 1. The molecule has 0 heterocycles. The second-order valence-electron chi connectivity index (χ2n) is 6.75. The van der Waals surface area contributed by atoms with Gasteiger partial charge in [0.2, 0.25) is 0 Å². The molecule has 5 heteroatoms. The molecule has 0 saturated heterocycles. The minimum Gasteiger partial charge on any atom is -0.496 e. The standard InChI is InChI=1S/C25H25N3O2/c1-4-28(5-2)21-13-11-20(12-14-21)27-25(29)19(17-26)16-23-22-9-7-6-8-18(22)10-15-24(23)30-3/h6-16H,4-5H2,1-3H3,(H,27,29)/b19-16-. The maximum absolute atomic E-state index is 12.8. The summed E-state index contributed by atoms with van der Waals surface area (Å²) in [6.45, 7) is 6.03. The molecule has 3 aromatic carbocycles. The Kier molecular flexibility index (Phi) is 6.71. The second-order valence-corrected chi connectivity index (χ2v) is 6.75. The Balaban J connectivity index is 1.90. The quantitative estimate of drug-likeness (QED) is 0.436. The smallest absolute Gasteiger partial charge is 0.266 e. The molecule has 0 aliphatic carbocycles. The van der Waals surface area contributed by atoms with Crippen molar-refractivity contribution < 1.29 is 9.53 Å². The fraction of sp³-hybridized carbons (Fsp3) is 0.200. The first kappa shape index (κ1) is 20.9. The Morgan fingerprint density at radius 2 is 1.77 bits per heavy atom. The predicted molar refractivity (Wildman–Crippen MR) is 123 cm³/mol. The molecule has 0 atom stereocenters. The number of amides is 1. The van der Waals surface area contributed by atoms with Gasteiger partial charge in [0, 0.05) is 30.0 Å². The van der Waals surface area contributed by atoms with Crippen molar-refractivity contribution in [3.8, 4) is 11.8 Å². The van der Waals surface area contributed by atoms with Crippen LogP contribution in [0.2, 0.25) is 0 Å². The van der Waals surface area contributed by atoms with Crippen LogP contribution in [0.5, 0.6) is 5.75 Å². The predicted octanol–water partition coefficient (Wildman–Crippen LogP) is 5.24. The second kappa shape index (κ2) is 9.62. The Bertz CT molecular complexity index is 1110. The highest BCUT2D eigenvalue weighted by molar-refractivity contribution is 6.11. The summed E-state index contributed by atoms with van der Waals surface area (Å²) >= 11 is 0. The third kappa shape index (κ3) is 4.44. The number of methoxy groups -OCH3 is 1. The molecule has 30 heavy (non-hydrogen) atoms. The van der Waals surface area contributed by atoms with Gasteiger partial charge in [-0.1, -0.05) is 30.3 Å². The van der Waals surface area contributed by atoms with E-state index in [2.05, 4.69) is 24.1 Å². The van der Waals surface area contributed by atoms with E-state index >= 15 is 0 Å². The number of nitrogens with zero attached hydrogens (tertiary/aromatic N) is 2. The Labute approximate surface area is 177 Å². The zero-order chi connectivity index (χ0) is 21.5. The molecule has 0 fully saturated rings. The van der Waals surface area contributed by atoms with Crippen LogP contribution in [-0.2, 0) is 4.79 Å². The van der Waals surface area contributed by atoms with Crippen LogP contribution in [0.15, 0.2) is 66.2 Å². The molecule has 5 nitrogen and oxygen atoms in total. The van der Waals surface area contributed by atoms with Gasteiger partial charge in [0.05, 0.1) is 7.11 Å². The van der Waals surface area contributed by atoms with Crippen LogP contribution in [0.3, 0.4) is 0 Å². The number of fused-ring (bicyclic) bond motifs is 1. The molecule has 0 bridgehead atoms. The average Bonchev–Trinajstić information content (AvgIpc) is 2.79. The van der Waals surface area contributed by atoms with Gasteiger partial charge >= 0.3 is 0 Å². The van der Waals surface area contributed by atoms with E-state index in [0.717, 1.165) is 29.5 Å². The van der Waals surface area contributed by atoms with Crippen LogP contribution < -0.4 is 15.0 Å². The van der Waals surface area contributed by atoms with Crippen LogP contribution >= 0.6 is 0 Å². The van der Waals surface area contributed by atoms with Crippen LogP contribution in [0, 0.1) is 11.3 Å². The summed E-state index contributed by atoms with van der Waals surface area (Å²) in [5.41, 5.74) is 2.45. The van der Waals surface area contributed by atoms with Crippen LogP contribution in [-0.4, -0.2) is 26.1 Å². The van der Waals surface area contributed by atoms with Crippen molar-refractivity contribution in [3.63, 3.8) is 0 Å². The van der Waals surface area contributed by atoms with Crippen molar-refractivity contribution >= 4 is 34.1 Å². The van der Waals surface area contributed by atoms with Gasteiger partial charge in [-0.15, -0.1) is 0 Å². The number of hydrogen-bond donors (Lipinski definition) is 1. The van der Waals surface area contributed by atoms with Crippen LogP contribution in [0.4, 0.5) is 11.4 Å². The molecular weight excluding hydrogens is 374 g/mol. The molecule has 0 radical (unpaired) electrons. The minimum absolute atomic E-state index is 0.0115. The largest absolute Gasteiger partial charge is 0.496 e. The summed E-state index contributed by atoms with van der Waals surface area (Å²) in [7, 11) is 1.57. The average molecular weight is 399 g/mol. The number of ether oxygens (including phenoxy) is 1. The lowest BCUT2D eigenvalue weighted by Crippen LogP contribution is -2.21. The maximum Gasteiger partial charge on any atom is 0.266 e. The number of rotatable bonds is 7. The highest BCUT2D eigenvalue weighted by atomic mass is 16.5. The van der Waals surface area contributed by atoms with Crippen molar-refractivity contribution in [3.05, 3.63) is 71.8 Å². The molecule has 0 saturated carbocycles. The summed E-state index contributed by atoms with van der Waals surface area (Å²) in [6.07, 6.45) is 1.58. The molecule has 1 amide bonds. The van der Waals surface area contributed by atoms with Crippen molar-refractivity contribution in [1.82, 2.24) is 0 Å². The van der Waals surface area contributed by atoms with Crippen molar-refractivity contribution in [1.29, 1.82) is 5.26 Å². The van der Waals surface area contributed by atoms with Gasteiger partial charge in [-0.05, 0) is 61.0 Å². The molecule has 0 aliphatic rings. The van der Waals surface area contributed by atoms with E-state index in [1.165, 1.54) is 0 Å². The van der Waals surface area contributed by atoms with E-state index in [0.29, 0.717) is 17.0 Å². The normalized spacial score (nSPS) is 11.1. The molecule has 3 aromatic rings. The molecule has 0 spiro atoms. The Morgan fingerprint density at radius 1 is 1.07 bits per heavy atom. The molecule has 0 unspecified atom stereocenters. The van der Waals surface area contributed by atoms with E-state index < -0.39 is 5.91 Å². The number of nitriles is 1. The number of anilines is 2. The number of carbonyl (C=O) groups is 1. The molecule has 3 rings (SSSR count). The summed E-state index contributed by atoms with van der Waals surface area (Å²) in [5, 5.41) is 14.4. The number of hydrogen-bond acceptors (Lipinski definition) is 4. The van der Waals surface area contributed by atoms with E-state index in [-0.39, 0.29) is 5.57 Å². The van der Waals surface area contributed by atoms with Crippen molar-refractivity contribution in [2.45, 2.75) is 13.8 Å². The van der Waals surface area contributed by atoms with Gasteiger partial charge < -0.3 is 15.0 Å². The molecule has 152 valence electrons. The zero-order valence-corrected chi connectivity index (χ0v) is 17.5. The summed E-state index contributed by atoms with van der Waals surface area (Å²) in [5.74, 6) is 0.154. The molecule has 0 aromatic heterocycles. The molecule has 0 aliphatic heterocycles. The summed E-state index contributed by atoms with van der Waals surface area (Å²) in [6, 6.07) is 21.2. The SMILES string of the molecule is CCN(CC)c1ccc(NC(=O)/C(C#N)=C\c2c(OC)ccc3ccccc23)cc1. The van der Waals surface area contributed by atoms with Gasteiger partial charge in [-0.2, -0.15) is 5.26 Å². The summed E-state index contributed by atoms with van der Waals surface area (Å²) < 4.78 is 5.46. The van der Waals surface area contributed by atoms with E-state index in [9.17, 15) is 10.1 Å². The fourth-order valence-electron chi connectivity index (χ4n) is 3.44. The highest BCUT2D eigenvalue weighted by Gasteiger charge is 2.13. The van der Waals surface area contributed by atoms with Gasteiger partial charge in [0.15, 0.2) is 0 Å². The van der Waals surface area contributed by atoms with E-state index in [1.54, 1.807) is 13.2 Å². The monoisotopic (exact) mass is 399 g/mol. The lowest BCUT2D eigenvalue weighted by atomic mass is 10.0. The van der Waals surface area contributed by atoms with Gasteiger partial charge in [-0.3, -0.25) is 4.79 Å². The molecule has 1 N–H and O–H groups in total. The zero-order valence-electron chi connectivity index (χ0n) is 17.5. The minimum atomic E-state index is -0.455. The van der Waals surface area contributed by atoms with Gasteiger partial charge in [0.25, 0.3) is 5.91 Å². The topological polar surface area (TPSA) is 65.4 Å². The first-order chi connectivity index (χ1) is 14.6. The lowest BCUT2D eigenvalue weighted by Gasteiger charge is -2.21. The maximum atomic E-state index is 12.8. The highest BCUT2D eigenvalue weighted by Crippen LogP contribution is 2.30. The van der Waals surface area contributed by atoms with Gasteiger partial charge in [0.1, 0.15) is 17.4 Å². The van der Waals surface area contributed by atoms with E-state index in [4.69, 9.17) is 4.74 Å². The third-order valence-corrected chi connectivity index (χ3v) is 5.06. The first-order valence-corrected chi connectivity index (χ1v) is 9.95. The lowest BCUT2D eigenvalue weighted by molar-refractivity contribution is -0.112. The number of carbonyl (C=O) groups excluding carboxylic acids is 1. The Hall–Kier alpha value is -3.78. The van der Waals surface area contributed by atoms with Crippen LogP contribution in [0.25, 0.3) is 16.8 Å². The molecular formula is C25H25N3O2. The summed E-state index contributed by atoms with van der Waals surface area (Å²) in [4.78, 5) is 15.0. The number of benzene rings is 3. The van der Waals surface area contributed by atoms with Crippen molar-refractivity contribution in [2.75, 3.05) is 30.4 Å². The Morgan fingerprint density at radius 3 is 2.40 bits per heavy atom. The van der Waals surface area contributed by atoms with Gasteiger partial charge in [-0.25, -0.2) is 0 Å². The van der Waals surface area contributed by atoms with E-state index in [1.807, 2.05) is 66.7 Å². The first-order valence-electron chi connectivity index (χ1n) is 9.95.